The molecule has 4 aromatic carbocycles. The van der Waals surface area contributed by atoms with Crippen LogP contribution in [0.2, 0.25) is 0 Å². The summed E-state index contributed by atoms with van der Waals surface area (Å²) in [7, 11) is 0. The van der Waals surface area contributed by atoms with Gasteiger partial charge in [0.2, 0.25) is 0 Å². The van der Waals surface area contributed by atoms with Gasteiger partial charge in [-0.2, -0.15) is 0 Å². The molecule has 0 amide bonds. The number of benzene rings is 4. The van der Waals surface area contributed by atoms with E-state index in [2.05, 4.69) is 145 Å². The first kappa shape index (κ1) is 33.7. The minimum Gasteiger partial charge on any atom is -1.00 e. The smallest absolute Gasteiger partial charge is 1.00 e. The number of hydrogen-bond acceptors (Lipinski definition) is 0. The van der Waals surface area contributed by atoms with Gasteiger partial charge in [-0.25, -0.2) is 0 Å². The Balaban J connectivity index is 0.00000141. The van der Waals surface area contributed by atoms with Crippen molar-refractivity contribution in [3.8, 4) is 11.1 Å². The molecule has 0 N–H and O–H groups in total. The van der Waals surface area contributed by atoms with Gasteiger partial charge in [0, 0.05) is 16.7 Å². The maximum Gasteiger partial charge on any atom is 2.00 e. The third kappa shape index (κ3) is 5.18. The molecule has 0 bridgehead atoms. The minimum atomic E-state index is -0.153. The van der Waals surface area contributed by atoms with Crippen molar-refractivity contribution in [3.63, 3.8) is 0 Å². The summed E-state index contributed by atoms with van der Waals surface area (Å²) < 4.78 is 0. The van der Waals surface area contributed by atoms with Crippen LogP contribution in [-0.4, -0.2) is 0 Å². The predicted octanol–water partition coefficient (Wildman–Crippen LogP) is 4.06. The second-order valence-corrected chi connectivity index (χ2v) is 13.8. The Morgan fingerprint density at radius 1 is 0.698 bits per heavy atom. The summed E-state index contributed by atoms with van der Waals surface area (Å²) in [5.74, 6) is 0.311. The topological polar surface area (TPSA) is 0 Å². The fraction of sp³-hybridized carbons (Fsp3) is 0.300. The molecule has 0 spiro atoms. The summed E-state index contributed by atoms with van der Waals surface area (Å²) in [4.78, 5) is 0. The number of halogens is 2. The molecule has 3 aliphatic carbocycles. The van der Waals surface area contributed by atoms with Crippen molar-refractivity contribution < 1.29 is 51.0 Å². The van der Waals surface area contributed by atoms with E-state index in [1.54, 1.807) is 5.57 Å². The van der Waals surface area contributed by atoms with Gasteiger partial charge in [-0.3, -0.25) is 0 Å². The van der Waals surface area contributed by atoms with Gasteiger partial charge in [0.15, 0.2) is 0 Å². The average molecular weight is 683 g/mol. The molecule has 0 aliphatic heterocycles. The summed E-state index contributed by atoms with van der Waals surface area (Å²) in [5, 5.41) is 0. The third-order valence-corrected chi connectivity index (χ3v) is 10.2. The van der Waals surface area contributed by atoms with Crippen LogP contribution in [0, 0.1) is 25.2 Å². The molecular weight excluding hydrogens is 643 g/mol. The Kier molecular flexibility index (Phi) is 9.38. The minimum absolute atomic E-state index is 0. The quantitative estimate of drug-likeness (QED) is 0.270. The van der Waals surface area contributed by atoms with Crippen LogP contribution >= 0.6 is 0 Å². The van der Waals surface area contributed by atoms with Crippen molar-refractivity contribution in [2.24, 2.45) is 11.3 Å². The largest absolute Gasteiger partial charge is 2.00 e. The van der Waals surface area contributed by atoms with Crippen molar-refractivity contribution in [1.29, 1.82) is 0 Å². The van der Waals surface area contributed by atoms with Crippen LogP contribution in [0.3, 0.4) is 0 Å². The summed E-state index contributed by atoms with van der Waals surface area (Å²) in [5.41, 5.74) is 15.8. The van der Waals surface area contributed by atoms with Crippen molar-refractivity contribution in [2.45, 2.75) is 65.2 Å². The first-order valence-corrected chi connectivity index (χ1v) is 14.9. The van der Waals surface area contributed by atoms with Crippen molar-refractivity contribution in [2.75, 3.05) is 0 Å². The Morgan fingerprint density at radius 3 is 1.91 bits per heavy atom. The number of rotatable bonds is 3. The van der Waals surface area contributed by atoms with Crippen LogP contribution in [0.5, 0.6) is 0 Å². The van der Waals surface area contributed by atoms with Crippen LogP contribution in [-0.2, 0) is 43.5 Å². The van der Waals surface area contributed by atoms with Gasteiger partial charge in [-0.15, -0.1) is 0 Å². The van der Waals surface area contributed by atoms with Gasteiger partial charge in [-0.1, -0.05) is 148 Å². The SMILES string of the molecule is Cc1ccc(C2(C)CC(c3ccc(C)cc3)(c3cccc4c3Cc3ccccc3-4)C3C=C(C(C)(C)C)C=C32)cc1.[Cl-].[Cl-].[Zr+2]. The zero-order valence-corrected chi connectivity index (χ0v) is 30.0. The standard InChI is InChI=1S/C40H40.2ClH.Zr/c1-26-14-18-29(19-15-26)39(6)25-40(30-20-16-27(2)17-21-30,37-24-31(23-36(37)39)38(3,4)5)35-13-9-12-33-32-11-8-7-10-28(32)22-34(33)35;;;/h7-21,23-24,37H,22,25H2,1-6H3;2*1H;/q;;;+2/p-2. The molecule has 3 heteroatoms. The van der Waals surface area contributed by atoms with Crippen molar-refractivity contribution >= 4 is 0 Å². The van der Waals surface area contributed by atoms with Gasteiger partial charge in [0.25, 0.3) is 0 Å². The van der Waals surface area contributed by atoms with E-state index in [1.807, 2.05) is 0 Å². The maximum atomic E-state index is 2.65. The average Bonchev–Trinajstić information content (AvgIpc) is 3.61. The fourth-order valence-electron chi connectivity index (χ4n) is 8.04. The number of hydrogen-bond donors (Lipinski definition) is 0. The summed E-state index contributed by atoms with van der Waals surface area (Å²) in [6.07, 6.45) is 7.30. The molecule has 1 saturated carbocycles. The maximum absolute atomic E-state index is 2.65. The molecule has 0 aromatic heterocycles. The molecule has 3 aliphatic rings. The normalized spacial score (nSPS) is 23.1. The Morgan fingerprint density at radius 2 is 1.28 bits per heavy atom. The van der Waals surface area contributed by atoms with Gasteiger partial charge >= 0.3 is 26.2 Å². The van der Waals surface area contributed by atoms with Crippen LogP contribution < -0.4 is 24.8 Å². The molecule has 43 heavy (non-hydrogen) atoms. The zero-order valence-electron chi connectivity index (χ0n) is 26.1. The predicted molar refractivity (Wildman–Crippen MR) is 169 cm³/mol. The van der Waals surface area contributed by atoms with Crippen molar-refractivity contribution in [1.82, 2.24) is 0 Å². The Hall–Kier alpha value is -2.18. The van der Waals surface area contributed by atoms with Gasteiger partial charge in [0.05, 0.1) is 0 Å². The van der Waals surface area contributed by atoms with E-state index < -0.39 is 0 Å². The number of aryl methyl sites for hydroxylation is 2. The molecule has 218 valence electrons. The van der Waals surface area contributed by atoms with Crippen LogP contribution in [0.1, 0.15) is 73.1 Å². The van der Waals surface area contributed by atoms with E-state index >= 15 is 0 Å². The second-order valence-electron chi connectivity index (χ2n) is 13.8. The first-order chi connectivity index (χ1) is 19.1. The molecule has 0 radical (unpaired) electrons. The van der Waals surface area contributed by atoms with Gasteiger partial charge < -0.3 is 24.8 Å². The number of allylic oxidation sites excluding steroid dienone is 4. The summed E-state index contributed by atoms with van der Waals surface area (Å²) in [6.45, 7) is 14.0. The summed E-state index contributed by atoms with van der Waals surface area (Å²) >= 11 is 0. The van der Waals surface area contributed by atoms with E-state index in [0.29, 0.717) is 5.92 Å². The third-order valence-electron chi connectivity index (χ3n) is 10.2. The first-order valence-electron chi connectivity index (χ1n) is 14.9. The molecule has 3 atom stereocenters. The molecule has 1 fully saturated rings. The van der Waals surface area contributed by atoms with Gasteiger partial charge in [0.1, 0.15) is 0 Å². The molecule has 7 rings (SSSR count). The van der Waals surface area contributed by atoms with Crippen LogP contribution in [0.25, 0.3) is 11.1 Å². The second kappa shape index (κ2) is 12.0. The van der Waals surface area contributed by atoms with E-state index in [9.17, 15) is 0 Å². The number of fused-ring (bicyclic) bond motifs is 4. The monoisotopic (exact) mass is 680 g/mol. The van der Waals surface area contributed by atoms with E-state index in [0.717, 1.165) is 12.8 Å². The zero-order chi connectivity index (χ0) is 27.9. The van der Waals surface area contributed by atoms with E-state index in [4.69, 9.17) is 0 Å². The van der Waals surface area contributed by atoms with E-state index in [-0.39, 0.29) is 67.3 Å². The van der Waals surface area contributed by atoms with Crippen LogP contribution in [0.4, 0.5) is 0 Å². The van der Waals surface area contributed by atoms with Gasteiger partial charge in [-0.05, 0) is 76.6 Å². The Labute approximate surface area is 290 Å². The van der Waals surface area contributed by atoms with Crippen molar-refractivity contribution in [3.05, 3.63) is 153 Å². The fourth-order valence-corrected chi connectivity index (χ4v) is 8.04. The Bertz CT molecular complexity index is 1710. The molecule has 0 nitrogen and oxygen atoms in total. The summed E-state index contributed by atoms with van der Waals surface area (Å²) in [6, 6.07) is 35.0. The molecule has 4 aromatic rings. The molecular formula is C40H40Cl2Zr. The molecule has 0 heterocycles. The molecule has 0 saturated heterocycles. The van der Waals surface area contributed by atoms with Crippen LogP contribution in [0.15, 0.2) is 114 Å². The molecule has 3 unspecified atom stereocenters. The van der Waals surface area contributed by atoms with E-state index in [1.165, 1.54) is 55.6 Å².